The van der Waals surface area contributed by atoms with Crippen molar-refractivity contribution in [1.82, 2.24) is 14.8 Å². The van der Waals surface area contributed by atoms with Crippen molar-refractivity contribution in [3.05, 3.63) is 12.2 Å². The number of thioether (sulfide) groups is 1. The molecule has 1 aromatic heterocycles. The van der Waals surface area contributed by atoms with Crippen LogP contribution in [0.1, 0.15) is 5.82 Å². The Kier molecular flexibility index (Phi) is 2.79. The van der Waals surface area contributed by atoms with Crippen molar-refractivity contribution in [2.45, 2.75) is 11.8 Å². The Hall–Kier alpha value is -0.220. The second-order valence-corrected chi connectivity index (χ2v) is 4.95. The van der Waals surface area contributed by atoms with E-state index < -0.39 is 0 Å². The first-order valence-electron chi connectivity index (χ1n) is 4.32. The van der Waals surface area contributed by atoms with Crippen LogP contribution in [0, 0.1) is 5.92 Å². The van der Waals surface area contributed by atoms with Gasteiger partial charge in [-0.25, -0.2) is 4.98 Å². The normalized spacial score (nSPS) is 28.2. The molecule has 2 unspecified atom stereocenters. The molecule has 0 N–H and O–H groups in total. The number of rotatable bonds is 2. The van der Waals surface area contributed by atoms with E-state index in [2.05, 4.69) is 10.1 Å². The van der Waals surface area contributed by atoms with Crippen LogP contribution in [0.15, 0.2) is 6.33 Å². The fourth-order valence-electron chi connectivity index (χ4n) is 1.50. The highest BCUT2D eigenvalue weighted by atomic mass is 35.5. The van der Waals surface area contributed by atoms with E-state index in [0.29, 0.717) is 11.3 Å². The van der Waals surface area contributed by atoms with Gasteiger partial charge in [0.1, 0.15) is 12.2 Å². The van der Waals surface area contributed by atoms with Crippen molar-refractivity contribution in [3.63, 3.8) is 0 Å². The van der Waals surface area contributed by atoms with Gasteiger partial charge in [-0.3, -0.25) is 4.68 Å². The van der Waals surface area contributed by atoms with Crippen molar-refractivity contribution in [2.24, 2.45) is 13.0 Å². The van der Waals surface area contributed by atoms with Gasteiger partial charge in [0.05, 0.1) is 0 Å². The number of alkyl halides is 1. The lowest BCUT2D eigenvalue weighted by Crippen LogP contribution is -2.17. The summed E-state index contributed by atoms with van der Waals surface area (Å²) in [5, 5.41) is 4.35. The number of aromatic nitrogens is 3. The molecular formula is C8H12ClN3S. The number of hydrogen-bond acceptors (Lipinski definition) is 3. The van der Waals surface area contributed by atoms with Crippen molar-refractivity contribution in [1.29, 1.82) is 0 Å². The smallest absolute Gasteiger partial charge is 0.138 e. The lowest BCUT2D eigenvalue weighted by molar-refractivity contribution is 0.557. The number of nitrogens with zero attached hydrogens (tertiary/aromatic N) is 3. The molecule has 1 aliphatic heterocycles. The molecule has 3 nitrogen and oxygen atoms in total. The molecule has 72 valence electrons. The molecule has 5 heteroatoms. The van der Waals surface area contributed by atoms with Crippen LogP contribution in [0.3, 0.4) is 0 Å². The molecule has 2 heterocycles. The van der Waals surface area contributed by atoms with Gasteiger partial charge in [0.25, 0.3) is 0 Å². The third-order valence-electron chi connectivity index (χ3n) is 2.37. The van der Waals surface area contributed by atoms with Gasteiger partial charge in [0.2, 0.25) is 0 Å². The highest BCUT2D eigenvalue weighted by molar-refractivity contribution is 7.99. The third-order valence-corrected chi connectivity index (χ3v) is 4.32. The van der Waals surface area contributed by atoms with Crippen molar-refractivity contribution < 1.29 is 0 Å². The third kappa shape index (κ3) is 1.99. The summed E-state index contributed by atoms with van der Waals surface area (Å²) in [4.78, 5) is 4.20. The fourth-order valence-corrected chi connectivity index (χ4v) is 3.34. The van der Waals surface area contributed by atoms with Gasteiger partial charge in [-0.15, -0.1) is 11.6 Å². The minimum Gasteiger partial charge on any atom is -0.253 e. The van der Waals surface area contributed by atoms with Crippen molar-refractivity contribution >= 4 is 23.4 Å². The highest BCUT2D eigenvalue weighted by Crippen LogP contribution is 2.30. The predicted octanol–water partition coefficient (Wildman–Crippen LogP) is 1.33. The van der Waals surface area contributed by atoms with E-state index in [4.69, 9.17) is 11.6 Å². The number of halogens is 1. The Balaban J connectivity index is 2.01. The molecule has 0 amide bonds. The Morgan fingerprint density at radius 3 is 3.08 bits per heavy atom. The molecule has 0 spiro atoms. The van der Waals surface area contributed by atoms with E-state index in [9.17, 15) is 0 Å². The summed E-state index contributed by atoms with van der Waals surface area (Å²) in [6.07, 6.45) is 2.55. The van der Waals surface area contributed by atoms with Crippen LogP contribution in [-0.2, 0) is 13.5 Å². The maximum absolute atomic E-state index is 6.17. The summed E-state index contributed by atoms with van der Waals surface area (Å²) in [6, 6.07) is 0. The lowest BCUT2D eigenvalue weighted by Gasteiger charge is -2.10. The average molecular weight is 218 g/mol. The van der Waals surface area contributed by atoms with Crippen molar-refractivity contribution in [2.75, 3.05) is 11.5 Å². The quantitative estimate of drug-likeness (QED) is 0.701. The Labute approximate surface area is 86.9 Å². The monoisotopic (exact) mass is 217 g/mol. The minimum atomic E-state index is 0.307. The van der Waals surface area contributed by atoms with Crippen LogP contribution < -0.4 is 0 Å². The second-order valence-electron chi connectivity index (χ2n) is 3.32. The predicted molar refractivity (Wildman–Crippen MR) is 55.2 cm³/mol. The lowest BCUT2D eigenvalue weighted by atomic mass is 10.0. The fraction of sp³-hybridized carbons (Fsp3) is 0.750. The van der Waals surface area contributed by atoms with E-state index >= 15 is 0 Å². The maximum Gasteiger partial charge on any atom is 0.138 e. The zero-order chi connectivity index (χ0) is 9.26. The van der Waals surface area contributed by atoms with E-state index in [1.165, 1.54) is 0 Å². The minimum absolute atomic E-state index is 0.307. The standard InChI is InChI=1S/C8H12ClN3S/c1-12-8(10-5-11-12)2-6-3-13-4-7(6)9/h5-7H,2-4H2,1H3. The summed E-state index contributed by atoms with van der Waals surface area (Å²) in [7, 11) is 1.92. The van der Waals surface area contributed by atoms with Crippen LogP contribution in [-0.4, -0.2) is 31.6 Å². The summed E-state index contributed by atoms with van der Waals surface area (Å²) < 4.78 is 1.83. The summed E-state index contributed by atoms with van der Waals surface area (Å²) in [5.74, 6) is 3.83. The molecule has 13 heavy (non-hydrogen) atoms. The van der Waals surface area contributed by atoms with E-state index in [1.807, 2.05) is 23.5 Å². The van der Waals surface area contributed by atoms with Gasteiger partial charge in [-0.05, 0) is 11.7 Å². The first-order valence-corrected chi connectivity index (χ1v) is 5.91. The van der Waals surface area contributed by atoms with Gasteiger partial charge in [-0.1, -0.05) is 0 Å². The Bertz CT molecular complexity index is 289. The molecule has 1 aromatic rings. The zero-order valence-electron chi connectivity index (χ0n) is 7.48. The summed E-state index contributed by atoms with van der Waals surface area (Å²) >= 11 is 8.10. The molecule has 0 saturated carbocycles. The van der Waals surface area contributed by atoms with Crippen molar-refractivity contribution in [3.8, 4) is 0 Å². The summed E-state index contributed by atoms with van der Waals surface area (Å²) in [5.41, 5.74) is 0. The van der Waals surface area contributed by atoms with Gasteiger partial charge in [0.15, 0.2) is 0 Å². The zero-order valence-corrected chi connectivity index (χ0v) is 9.05. The van der Waals surface area contributed by atoms with Gasteiger partial charge >= 0.3 is 0 Å². The Morgan fingerprint density at radius 2 is 2.54 bits per heavy atom. The molecule has 1 fully saturated rings. The highest BCUT2D eigenvalue weighted by Gasteiger charge is 2.27. The van der Waals surface area contributed by atoms with E-state index in [-0.39, 0.29) is 0 Å². The first-order chi connectivity index (χ1) is 6.27. The second kappa shape index (κ2) is 3.88. The number of hydrogen-bond donors (Lipinski definition) is 0. The molecule has 2 atom stereocenters. The molecule has 0 aliphatic carbocycles. The molecule has 0 bridgehead atoms. The SMILES string of the molecule is Cn1ncnc1CC1CSCC1Cl. The molecule has 1 aliphatic rings. The maximum atomic E-state index is 6.17. The van der Waals surface area contributed by atoms with Crippen LogP contribution in [0.25, 0.3) is 0 Å². The largest absolute Gasteiger partial charge is 0.253 e. The topological polar surface area (TPSA) is 30.7 Å². The molecule has 2 rings (SSSR count). The van der Waals surface area contributed by atoms with Gasteiger partial charge < -0.3 is 0 Å². The number of aryl methyl sites for hydroxylation is 1. The summed E-state index contributed by atoms with van der Waals surface area (Å²) in [6.45, 7) is 0. The van der Waals surface area contributed by atoms with Crippen LogP contribution >= 0.6 is 23.4 Å². The van der Waals surface area contributed by atoms with Crippen LogP contribution in [0.2, 0.25) is 0 Å². The van der Waals surface area contributed by atoms with Gasteiger partial charge in [0, 0.05) is 24.6 Å². The van der Waals surface area contributed by atoms with Crippen LogP contribution in [0.5, 0.6) is 0 Å². The Morgan fingerprint density at radius 1 is 1.69 bits per heavy atom. The molecule has 1 saturated heterocycles. The molecule has 0 radical (unpaired) electrons. The van der Waals surface area contributed by atoms with Gasteiger partial charge in [-0.2, -0.15) is 16.9 Å². The molecular weight excluding hydrogens is 206 g/mol. The van der Waals surface area contributed by atoms with E-state index in [1.54, 1.807) is 6.33 Å². The average Bonchev–Trinajstić information content (AvgIpc) is 2.65. The van der Waals surface area contributed by atoms with Crippen LogP contribution in [0.4, 0.5) is 0 Å². The van der Waals surface area contributed by atoms with E-state index in [0.717, 1.165) is 23.8 Å². The first kappa shape index (κ1) is 9.34. The molecule has 0 aromatic carbocycles.